The van der Waals surface area contributed by atoms with Crippen molar-refractivity contribution in [1.29, 1.82) is 0 Å². The van der Waals surface area contributed by atoms with E-state index in [4.69, 9.17) is 4.74 Å². The molecule has 0 saturated carbocycles. The second kappa shape index (κ2) is 9.54. The topological polar surface area (TPSA) is 87.7 Å². The lowest BCUT2D eigenvalue weighted by molar-refractivity contribution is -0.135. The minimum Gasteiger partial charge on any atom is -0.497 e. The van der Waals surface area contributed by atoms with E-state index in [0.29, 0.717) is 10.6 Å². The number of ether oxygens (including phenoxy) is 1. The van der Waals surface area contributed by atoms with Crippen LogP contribution in [0.1, 0.15) is 29.7 Å². The van der Waals surface area contributed by atoms with Crippen molar-refractivity contribution in [1.82, 2.24) is 15.5 Å². The van der Waals surface area contributed by atoms with Gasteiger partial charge < -0.3 is 15.4 Å². The van der Waals surface area contributed by atoms with Crippen molar-refractivity contribution in [3.63, 3.8) is 0 Å². The average molecular weight is 479 g/mol. The number of nitrogens with one attached hydrogen (secondary N) is 2. The largest absolute Gasteiger partial charge is 0.497 e. The third-order valence-electron chi connectivity index (χ3n) is 5.93. The number of benzene rings is 3. The van der Waals surface area contributed by atoms with E-state index in [-0.39, 0.29) is 5.56 Å². The molecule has 1 fully saturated rings. The molecule has 1 saturated heterocycles. The first-order valence-corrected chi connectivity index (χ1v) is 10.8. The van der Waals surface area contributed by atoms with Crippen LogP contribution in [0.3, 0.4) is 0 Å². The van der Waals surface area contributed by atoms with Crippen LogP contribution in [0.5, 0.6) is 5.75 Å². The predicted molar refractivity (Wildman–Crippen MR) is 123 cm³/mol. The van der Waals surface area contributed by atoms with E-state index in [0.717, 1.165) is 29.3 Å². The van der Waals surface area contributed by atoms with Crippen LogP contribution < -0.4 is 15.4 Å². The summed E-state index contributed by atoms with van der Waals surface area (Å²) in [5.74, 6) is -2.43. The number of rotatable bonds is 7. The number of carbonyl (C=O) groups excluding carboxylic acids is 3. The Morgan fingerprint density at radius 3 is 2.34 bits per heavy atom. The van der Waals surface area contributed by atoms with Gasteiger partial charge in [-0.25, -0.2) is 13.6 Å². The van der Waals surface area contributed by atoms with E-state index in [1.165, 1.54) is 6.92 Å². The molecular weight excluding hydrogens is 456 g/mol. The SMILES string of the molecule is COc1ccc([C@@H](NC(=O)CN2C(=O)N[C@](C)(c3cc(F)ccc3F)C2=O)c2ccccc2)cc1. The summed E-state index contributed by atoms with van der Waals surface area (Å²) in [4.78, 5) is 39.4. The second-order valence-corrected chi connectivity index (χ2v) is 8.25. The summed E-state index contributed by atoms with van der Waals surface area (Å²) >= 11 is 0. The summed E-state index contributed by atoms with van der Waals surface area (Å²) in [6.45, 7) is 0.670. The highest BCUT2D eigenvalue weighted by molar-refractivity contribution is 6.09. The van der Waals surface area contributed by atoms with Crippen LogP contribution >= 0.6 is 0 Å². The van der Waals surface area contributed by atoms with Gasteiger partial charge in [-0.2, -0.15) is 0 Å². The molecule has 0 aromatic heterocycles. The molecule has 0 spiro atoms. The van der Waals surface area contributed by atoms with Crippen molar-refractivity contribution >= 4 is 17.8 Å². The number of imide groups is 1. The van der Waals surface area contributed by atoms with Crippen molar-refractivity contribution < 1.29 is 27.9 Å². The monoisotopic (exact) mass is 479 g/mol. The zero-order valence-electron chi connectivity index (χ0n) is 19.0. The summed E-state index contributed by atoms with van der Waals surface area (Å²) in [5.41, 5.74) is -0.624. The Balaban J connectivity index is 1.56. The second-order valence-electron chi connectivity index (χ2n) is 8.25. The Bertz CT molecular complexity index is 1270. The van der Waals surface area contributed by atoms with Gasteiger partial charge in [0.05, 0.1) is 13.2 Å². The van der Waals surface area contributed by atoms with Gasteiger partial charge in [0, 0.05) is 5.56 Å². The highest BCUT2D eigenvalue weighted by Crippen LogP contribution is 2.31. The third kappa shape index (κ3) is 4.70. The number of urea groups is 1. The van der Waals surface area contributed by atoms with Crippen LogP contribution in [-0.2, 0) is 15.1 Å². The van der Waals surface area contributed by atoms with Gasteiger partial charge >= 0.3 is 6.03 Å². The average Bonchev–Trinajstić information content (AvgIpc) is 3.08. The van der Waals surface area contributed by atoms with Crippen molar-refractivity contribution in [2.45, 2.75) is 18.5 Å². The van der Waals surface area contributed by atoms with E-state index in [9.17, 15) is 23.2 Å². The van der Waals surface area contributed by atoms with E-state index >= 15 is 0 Å². The molecule has 1 aliphatic rings. The van der Waals surface area contributed by atoms with Crippen molar-refractivity contribution in [3.8, 4) is 5.75 Å². The molecule has 1 heterocycles. The van der Waals surface area contributed by atoms with Crippen molar-refractivity contribution in [2.75, 3.05) is 13.7 Å². The highest BCUT2D eigenvalue weighted by atomic mass is 19.1. The first kappa shape index (κ1) is 23.9. The molecule has 3 aromatic rings. The maximum absolute atomic E-state index is 14.4. The molecule has 0 radical (unpaired) electrons. The van der Waals surface area contributed by atoms with Crippen LogP contribution in [-0.4, -0.2) is 36.4 Å². The molecule has 1 aliphatic heterocycles. The minimum atomic E-state index is -1.85. The fraction of sp³-hybridized carbons (Fsp3) is 0.192. The third-order valence-corrected chi connectivity index (χ3v) is 5.93. The summed E-state index contributed by atoms with van der Waals surface area (Å²) in [7, 11) is 1.55. The molecule has 2 N–H and O–H groups in total. The number of hydrogen-bond donors (Lipinski definition) is 2. The number of amides is 4. The summed E-state index contributed by atoms with van der Waals surface area (Å²) in [6.07, 6.45) is 0. The zero-order valence-corrected chi connectivity index (χ0v) is 19.0. The molecule has 180 valence electrons. The highest BCUT2D eigenvalue weighted by Gasteiger charge is 2.51. The molecule has 9 heteroatoms. The van der Waals surface area contributed by atoms with Gasteiger partial charge in [0.1, 0.15) is 29.5 Å². The van der Waals surface area contributed by atoms with Gasteiger partial charge in [-0.1, -0.05) is 42.5 Å². The Hall–Kier alpha value is -4.27. The quantitative estimate of drug-likeness (QED) is 0.507. The van der Waals surface area contributed by atoms with Gasteiger partial charge in [-0.05, 0) is 48.4 Å². The van der Waals surface area contributed by atoms with Gasteiger partial charge in [0.25, 0.3) is 5.91 Å². The van der Waals surface area contributed by atoms with E-state index in [1.54, 1.807) is 31.4 Å². The van der Waals surface area contributed by atoms with Gasteiger partial charge in [0.2, 0.25) is 5.91 Å². The van der Waals surface area contributed by atoms with E-state index in [2.05, 4.69) is 10.6 Å². The van der Waals surface area contributed by atoms with Crippen LogP contribution in [0, 0.1) is 11.6 Å². The summed E-state index contributed by atoms with van der Waals surface area (Å²) in [6, 6.07) is 17.5. The molecule has 0 aliphatic carbocycles. The molecule has 0 bridgehead atoms. The lowest BCUT2D eigenvalue weighted by Gasteiger charge is -2.23. The van der Waals surface area contributed by atoms with Crippen LogP contribution in [0.15, 0.2) is 72.8 Å². The predicted octanol–water partition coefficient (Wildman–Crippen LogP) is 3.65. The van der Waals surface area contributed by atoms with Gasteiger partial charge in [-0.15, -0.1) is 0 Å². The summed E-state index contributed by atoms with van der Waals surface area (Å²) in [5, 5.41) is 5.24. The standard InChI is InChI=1S/C26H23F2N3O4/c1-26(20-14-18(27)10-13-21(20)28)24(33)31(25(34)30-26)15-22(32)29-23(16-6-4-3-5-7-16)17-8-11-19(35-2)12-9-17/h3-14,23H,15H2,1-2H3,(H,29,32)(H,30,34)/t23-,26+/m0/s1. The Morgan fingerprint density at radius 2 is 1.69 bits per heavy atom. The van der Waals surface area contributed by atoms with Crippen LogP contribution in [0.25, 0.3) is 0 Å². The van der Waals surface area contributed by atoms with E-state index in [1.807, 2.05) is 30.3 Å². The van der Waals surface area contributed by atoms with Crippen molar-refractivity contribution in [2.24, 2.45) is 0 Å². The Morgan fingerprint density at radius 1 is 1.03 bits per heavy atom. The lowest BCUT2D eigenvalue weighted by Crippen LogP contribution is -2.44. The lowest BCUT2D eigenvalue weighted by atomic mass is 9.91. The number of carbonyl (C=O) groups is 3. The fourth-order valence-electron chi connectivity index (χ4n) is 4.05. The Labute approximate surface area is 200 Å². The van der Waals surface area contributed by atoms with Gasteiger partial charge in [0.15, 0.2) is 0 Å². The number of methoxy groups -OCH3 is 1. The smallest absolute Gasteiger partial charge is 0.325 e. The normalized spacial score (nSPS) is 18.2. The number of hydrogen-bond acceptors (Lipinski definition) is 4. The molecule has 4 amide bonds. The molecule has 4 rings (SSSR count). The summed E-state index contributed by atoms with van der Waals surface area (Å²) < 4.78 is 33.3. The number of nitrogens with zero attached hydrogens (tertiary/aromatic N) is 1. The fourth-order valence-corrected chi connectivity index (χ4v) is 4.05. The molecular formula is C26H23F2N3O4. The molecule has 35 heavy (non-hydrogen) atoms. The van der Waals surface area contributed by atoms with Crippen LogP contribution in [0.2, 0.25) is 0 Å². The van der Waals surface area contributed by atoms with Gasteiger partial charge in [-0.3, -0.25) is 14.5 Å². The molecule has 0 unspecified atom stereocenters. The first-order chi connectivity index (χ1) is 16.7. The minimum absolute atomic E-state index is 0.320. The van der Waals surface area contributed by atoms with Crippen LogP contribution in [0.4, 0.5) is 13.6 Å². The van der Waals surface area contributed by atoms with Crippen molar-refractivity contribution in [3.05, 3.63) is 101 Å². The van der Waals surface area contributed by atoms with E-state index < -0.39 is 47.6 Å². The Kier molecular flexibility index (Phi) is 6.50. The maximum atomic E-state index is 14.4. The zero-order chi connectivity index (χ0) is 25.2. The number of halogens is 2. The molecule has 3 aromatic carbocycles. The first-order valence-electron chi connectivity index (χ1n) is 10.8. The molecule has 7 nitrogen and oxygen atoms in total. The molecule has 2 atom stereocenters. The maximum Gasteiger partial charge on any atom is 0.325 e.